The third kappa shape index (κ3) is 2.18. The highest BCUT2D eigenvalue weighted by Crippen LogP contribution is 2.16. The van der Waals surface area contributed by atoms with Gasteiger partial charge in [-0.3, -0.25) is 4.79 Å². The molecule has 0 aliphatic rings. The molecular formula is C15H12FN3O. The lowest BCUT2D eigenvalue weighted by Gasteiger charge is -2.07. The molecule has 3 aromatic rings. The molecule has 0 radical (unpaired) electrons. The summed E-state index contributed by atoms with van der Waals surface area (Å²) in [7, 11) is 0. The van der Waals surface area contributed by atoms with Gasteiger partial charge in [0.15, 0.2) is 17.3 Å². The average Bonchev–Trinajstić information content (AvgIpc) is 2.78. The van der Waals surface area contributed by atoms with Crippen molar-refractivity contribution in [2.45, 2.75) is 13.5 Å². The summed E-state index contributed by atoms with van der Waals surface area (Å²) < 4.78 is 15.0. The van der Waals surface area contributed by atoms with Crippen LogP contribution in [-0.2, 0) is 6.54 Å². The van der Waals surface area contributed by atoms with Gasteiger partial charge >= 0.3 is 0 Å². The number of nitrogens with zero attached hydrogens (tertiary/aromatic N) is 3. The lowest BCUT2D eigenvalue weighted by atomic mass is 10.2. The summed E-state index contributed by atoms with van der Waals surface area (Å²) in [5.41, 5.74) is 2.05. The van der Waals surface area contributed by atoms with Gasteiger partial charge in [0.25, 0.3) is 0 Å². The van der Waals surface area contributed by atoms with Gasteiger partial charge in [0, 0.05) is 13.1 Å². The van der Waals surface area contributed by atoms with E-state index in [4.69, 9.17) is 0 Å². The van der Waals surface area contributed by atoms with Crippen molar-refractivity contribution in [3.8, 4) is 0 Å². The first-order chi connectivity index (χ1) is 9.65. The van der Waals surface area contributed by atoms with Gasteiger partial charge < -0.3 is 4.57 Å². The topological polar surface area (TPSA) is 47.8 Å². The second kappa shape index (κ2) is 4.85. The largest absolute Gasteiger partial charge is 0.302 e. The van der Waals surface area contributed by atoms with E-state index in [0.717, 1.165) is 5.56 Å². The number of carbonyl (C=O) groups is 1. The highest BCUT2D eigenvalue weighted by molar-refractivity contribution is 5.94. The van der Waals surface area contributed by atoms with E-state index in [1.165, 1.54) is 19.1 Å². The first-order valence-electron chi connectivity index (χ1n) is 6.22. The van der Waals surface area contributed by atoms with Crippen molar-refractivity contribution >= 4 is 16.9 Å². The Kier molecular flexibility index (Phi) is 3.02. The predicted molar refractivity (Wildman–Crippen MR) is 73.0 cm³/mol. The Labute approximate surface area is 114 Å². The number of benzene rings is 1. The van der Waals surface area contributed by atoms with E-state index in [1.54, 1.807) is 29.0 Å². The number of pyridine rings is 1. The molecule has 0 unspecified atom stereocenters. The third-order valence-electron chi connectivity index (χ3n) is 3.05. The highest BCUT2D eigenvalue weighted by Gasteiger charge is 2.15. The van der Waals surface area contributed by atoms with Gasteiger partial charge in [-0.05, 0) is 29.8 Å². The molecule has 0 amide bonds. The second-order valence-electron chi connectivity index (χ2n) is 4.55. The number of halogens is 1. The quantitative estimate of drug-likeness (QED) is 0.687. The van der Waals surface area contributed by atoms with Crippen LogP contribution < -0.4 is 0 Å². The van der Waals surface area contributed by atoms with E-state index >= 15 is 0 Å². The summed E-state index contributed by atoms with van der Waals surface area (Å²) in [4.78, 5) is 20.3. The van der Waals surface area contributed by atoms with E-state index in [-0.39, 0.29) is 11.6 Å². The standard InChI is InChI=1S/C15H12FN3O/c1-10(20)14-18-13-6-3-7-17-15(13)19(14)9-11-4-2-5-12(16)8-11/h2-8H,9H2,1H3. The molecule has 0 bridgehead atoms. The number of hydrogen-bond donors (Lipinski definition) is 0. The molecule has 0 aliphatic carbocycles. The number of ketones is 1. The van der Waals surface area contributed by atoms with Crippen molar-refractivity contribution in [3.05, 3.63) is 59.8 Å². The number of hydrogen-bond acceptors (Lipinski definition) is 3. The second-order valence-corrected chi connectivity index (χ2v) is 4.55. The SMILES string of the molecule is CC(=O)c1nc2cccnc2n1Cc1cccc(F)c1. The molecule has 100 valence electrons. The van der Waals surface area contributed by atoms with E-state index in [2.05, 4.69) is 9.97 Å². The van der Waals surface area contributed by atoms with Gasteiger partial charge in [0.2, 0.25) is 0 Å². The smallest absolute Gasteiger partial charge is 0.195 e. The minimum Gasteiger partial charge on any atom is -0.302 e. The van der Waals surface area contributed by atoms with Crippen molar-refractivity contribution < 1.29 is 9.18 Å². The van der Waals surface area contributed by atoms with Crippen LogP contribution in [0.2, 0.25) is 0 Å². The van der Waals surface area contributed by atoms with Gasteiger partial charge in [-0.25, -0.2) is 14.4 Å². The summed E-state index contributed by atoms with van der Waals surface area (Å²) in [5.74, 6) is -0.105. The summed E-state index contributed by atoms with van der Waals surface area (Å²) in [5, 5.41) is 0. The van der Waals surface area contributed by atoms with Crippen molar-refractivity contribution in [3.63, 3.8) is 0 Å². The molecule has 1 aromatic carbocycles. The molecule has 0 N–H and O–H groups in total. The Bertz CT molecular complexity index is 795. The van der Waals surface area contributed by atoms with Gasteiger partial charge in [0.05, 0.1) is 6.54 Å². The van der Waals surface area contributed by atoms with Crippen molar-refractivity contribution in [1.82, 2.24) is 14.5 Å². The lowest BCUT2D eigenvalue weighted by molar-refractivity contribution is 0.100. The number of rotatable bonds is 3. The molecule has 0 fully saturated rings. The molecule has 0 saturated heterocycles. The van der Waals surface area contributed by atoms with E-state index in [9.17, 15) is 9.18 Å². The average molecular weight is 269 g/mol. The minimum absolute atomic E-state index is 0.139. The first kappa shape index (κ1) is 12.5. The molecule has 20 heavy (non-hydrogen) atoms. The molecule has 3 rings (SSSR count). The van der Waals surface area contributed by atoms with E-state index < -0.39 is 0 Å². The van der Waals surface area contributed by atoms with Crippen LogP contribution in [-0.4, -0.2) is 20.3 Å². The van der Waals surface area contributed by atoms with Crippen LogP contribution in [0.4, 0.5) is 4.39 Å². The zero-order chi connectivity index (χ0) is 14.1. The van der Waals surface area contributed by atoms with E-state index in [1.807, 2.05) is 6.07 Å². The maximum atomic E-state index is 13.3. The van der Waals surface area contributed by atoms with Crippen LogP contribution in [0.15, 0.2) is 42.6 Å². The van der Waals surface area contributed by atoms with Crippen LogP contribution in [0.5, 0.6) is 0 Å². The predicted octanol–water partition coefficient (Wildman–Crippen LogP) is 2.82. The normalized spacial score (nSPS) is 10.9. The van der Waals surface area contributed by atoms with Crippen molar-refractivity contribution in [1.29, 1.82) is 0 Å². The molecular weight excluding hydrogens is 257 g/mol. The zero-order valence-corrected chi connectivity index (χ0v) is 10.9. The molecule has 2 heterocycles. The minimum atomic E-state index is -0.302. The van der Waals surface area contributed by atoms with Crippen molar-refractivity contribution in [2.75, 3.05) is 0 Å². The molecule has 0 aliphatic heterocycles. The van der Waals surface area contributed by atoms with Gasteiger partial charge in [-0.15, -0.1) is 0 Å². The molecule has 2 aromatic heterocycles. The molecule has 5 heteroatoms. The summed E-state index contributed by atoms with van der Waals surface area (Å²) in [6, 6.07) is 9.85. The summed E-state index contributed by atoms with van der Waals surface area (Å²) in [6.07, 6.45) is 1.65. The van der Waals surface area contributed by atoms with Gasteiger partial charge in [0.1, 0.15) is 11.3 Å². The zero-order valence-electron chi connectivity index (χ0n) is 10.9. The maximum Gasteiger partial charge on any atom is 0.195 e. The third-order valence-corrected chi connectivity index (χ3v) is 3.05. The number of carbonyl (C=O) groups excluding carboxylic acids is 1. The Morgan fingerprint density at radius 1 is 1.30 bits per heavy atom. The number of fused-ring (bicyclic) bond motifs is 1. The summed E-state index contributed by atoms with van der Waals surface area (Å²) in [6.45, 7) is 1.82. The summed E-state index contributed by atoms with van der Waals surface area (Å²) >= 11 is 0. The Morgan fingerprint density at radius 2 is 2.15 bits per heavy atom. The fourth-order valence-corrected chi connectivity index (χ4v) is 2.19. The maximum absolute atomic E-state index is 13.3. The molecule has 0 atom stereocenters. The van der Waals surface area contributed by atoms with E-state index in [0.29, 0.717) is 23.5 Å². The van der Waals surface area contributed by atoms with Crippen molar-refractivity contribution in [2.24, 2.45) is 0 Å². The Balaban J connectivity index is 2.14. The van der Waals surface area contributed by atoms with Gasteiger partial charge in [-0.2, -0.15) is 0 Å². The molecule has 4 nitrogen and oxygen atoms in total. The number of imidazole rings is 1. The Hall–Kier alpha value is -2.56. The highest BCUT2D eigenvalue weighted by atomic mass is 19.1. The van der Waals surface area contributed by atoms with Crippen LogP contribution in [0.1, 0.15) is 23.1 Å². The molecule has 0 saturated carbocycles. The first-order valence-corrected chi connectivity index (χ1v) is 6.22. The van der Waals surface area contributed by atoms with Crippen LogP contribution >= 0.6 is 0 Å². The molecule has 0 spiro atoms. The lowest BCUT2D eigenvalue weighted by Crippen LogP contribution is -2.09. The van der Waals surface area contributed by atoms with Crippen LogP contribution in [0, 0.1) is 5.82 Å². The van der Waals surface area contributed by atoms with Gasteiger partial charge in [-0.1, -0.05) is 12.1 Å². The Morgan fingerprint density at radius 3 is 2.90 bits per heavy atom. The fourth-order valence-electron chi connectivity index (χ4n) is 2.19. The monoisotopic (exact) mass is 269 g/mol. The number of Topliss-reactive ketones (excluding diaryl/α,β-unsaturated/α-hetero) is 1. The van der Waals surface area contributed by atoms with Crippen LogP contribution in [0.25, 0.3) is 11.2 Å². The number of aromatic nitrogens is 3. The van der Waals surface area contributed by atoms with Crippen LogP contribution in [0.3, 0.4) is 0 Å². The fraction of sp³-hybridized carbons (Fsp3) is 0.133.